The zero-order valence-electron chi connectivity index (χ0n) is 20.3. The second-order valence-corrected chi connectivity index (χ2v) is 9.07. The second-order valence-electron chi connectivity index (χ2n) is 9.07. The molecule has 3 rings (SSSR count). The number of ether oxygens (including phenoxy) is 3. The first-order valence-corrected chi connectivity index (χ1v) is 10.8. The topological polar surface area (TPSA) is 66.8 Å². The summed E-state index contributed by atoms with van der Waals surface area (Å²) in [6, 6.07) is 11.4. The zero-order valence-corrected chi connectivity index (χ0v) is 20.3. The highest BCUT2D eigenvalue weighted by Crippen LogP contribution is 2.29. The normalized spacial score (nSPS) is 12.0. The van der Waals surface area contributed by atoms with Crippen LogP contribution < -0.4 is 4.74 Å². The number of fused-ring (bicyclic) bond motifs is 1. The van der Waals surface area contributed by atoms with Gasteiger partial charge in [-0.2, -0.15) is 0 Å². The molecule has 1 aromatic heterocycles. The molecule has 6 heteroatoms. The van der Waals surface area contributed by atoms with Gasteiger partial charge in [0.25, 0.3) is 0 Å². The average Bonchev–Trinajstić information content (AvgIpc) is 3.06. The minimum Gasteiger partial charge on any atom is -0.496 e. The molecule has 3 aromatic rings. The molecule has 0 N–H and O–H groups in total. The largest absolute Gasteiger partial charge is 0.496 e. The van der Waals surface area contributed by atoms with Crippen molar-refractivity contribution in [3.63, 3.8) is 0 Å². The highest BCUT2D eigenvalue weighted by atomic mass is 16.6. The van der Waals surface area contributed by atoms with Crippen LogP contribution in [0.15, 0.2) is 48.2 Å². The summed E-state index contributed by atoms with van der Waals surface area (Å²) in [4.78, 5) is 24.2. The van der Waals surface area contributed by atoms with Gasteiger partial charge in [0.15, 0.2) is 0 Å². The number of rotatable bonds is 6. The lowest BCUT2D eigenvalue weighted by molar-refractivity contribution is -0.149. The number of methoxy groups -OCH3 is 2. The lowest BCUT2D eigenvalue weighted by Crippen LogP contribution is -2.24. The maximum absolute atomic E-state index is 12.4. The van der Waals surface area contributed by atoms with Gasteiger partial charge in [0.2, 0.25) is 0 Å². The summed E-state index contributed by atoms with van der Waals surface area (Å²) in [6.45, 7) is 7.32. The number of benzene rings is 2. The Morgan fingerprint density at radius 2 is 1.76 bits per heavy atom. The molecule has 0 aliphatic heterocycles. The van der Waals surface area contributed by atoms with E-state index in [4.69, 9.17) is 14.2 Å². The summed E-state index contributed by atoms with van der Waals surface area (Å²) in [5, 5.41) is 1.09. The van der Waals surface area contributed by atoms with E-state index >= 15 is 0 Å². The Labute approximate surface area is 194 Å². The summed E-state index contributed by atoms with van der Waals surface area (Å²) in [7, 11) is 4.95. The van der Waals surface area contributed by atoms with E-state index in [2.05, 4.69) is 16.8 Å². The Hall–Kier alpha value is -3.54. The van der Waals surface area contributed by atoms with Crippen molar-refractivity contribution in [2.24, 2.45) is 7.05 Å². The molecular weight excluding hydrogens is 418 g/mol. The Balaban J connectivity index is 1.96. The molecule has 2 aromatic carbocycles. The van der Waals surface area contributed by atoms with E-state index in [1.54, 1.807) is 26.2 Å². The lowest BCUT2D eigenvalue weighted by atomic mass is 10.00. The fourth-order valence-corrected chi connectivity index (χ4v) is 3.73. The molecule has 174 valence electrons. The van der Waals surface area contributed by atoms with E-state index in [-0.39, 0.29) is 5.97 Å². The smallest absolute Gasteiger partial charge is 0.337 e. The third kappa shape index (κ3) is 5.64. The Morgan fingerprint density at radius 1 is 1.03 bits per heavy atom. The number of carbonyl (C=O) groups is 2. The predicted octanol–water partition coefficient (Wildman–Crippen LogP) is 5.31. The summed E-state index contributed by atoms with van der Waals surface area (Å²) in [5.41, 5.74) is 4.53. The molecule has 0 unspecified atom stereocenters. The molecule has 0 aliphatic rings. The van der Waals surface area contributed by atoms with Crippen molar-refractivity contribution in [1.82, 2.24) is 4.57 Å². The molecule has 0 amide bonds. The molecule has 0 fully saturated rings. The van der Waals surface area contributed by atoms with Gasteiger partial charge >= 0.3 is 11.9 Å². The average molecular weight is 450 g/mol. The van der Waals surface area contributed by atoms with Crippen LogP contribution in [0.3, 0.4) is 0 Å². The van der Waals surface area contributed by atoms with E-state index in [1.165, 1.54) is 7.11 Å². The summed E-state index contributed by atoms with van der Waals surface area (Å²) >= 11 is 0. The van der Waals surface area contributed by atoms with E-state index < -0.39 is 11.6 Å². The number of aromatic nitrogens is 1. The van der Waals surface area contributed by atoms with Crippen LogP contribution in [0.25, 0.3) is 17.0 Å². The van der Waals surface area contributed by atoms with Crippen molar-refractivity contribution in [2.45, 2.75) is 39.7 Å². The van der Waals surface area contributed by atoms with Crippen LogP contribution in [0.2, 0.25) is 0 Å². The van der Waals surface area contributed by atoms with Crippen molar-refractivity contribution in [2.75, 3.05) is 14.2 Å². The zero-order chi connectivity index (χ0) is 24.3. The maximum atomic E-state index is 12.4. The minimum absolute atomic E-state index is 0.327. The third-order valence-electron chi connectivity index (χ3n) is 5.29. The lowest BCUT2D eigenvalue weighted by Gasteiger charge is -2.19. The van der Waals surface area contributed by atoms with Crippen LogP contribution in [0, 0.1) is 0 Å². The number of hydrogen-bond acceptors (Lipinski definition) is 5. The van der Waals surface area contributed by atoms with Crippen LogP contribution >= 0.6 is 0 Å². The molecule has 33 heavy (non-hydrogen) atoms. The van der Waals surface area contributed by atoms with Gasteiger partial charge in [0.1, 0.15) is 11.4 Å². The second kappa shape index (κ2) is 9.53. The van der Waals surface area contributed by atoms with Crippen molar-refractivity contribution in [3.8, 4) is 5.75 Å². The molecule has 0 bridgehead atoms. The van der Waals surface area contributed by atoms with Gasteiger partial charge in [-0.25, -0.2) is 9.59 Å². The molecule has 0 aliphatic carbocycles. The Kier molecular flexibility index (Phi) is 6.96. The summed E-state index contributed by atoms with van der Waals surface area (Å²) < 4.78 is 17.9. The molecule has 0 saturated heterocycles. The SMILES string of the molecule is COC(=O)c1ccc(Cc2cn(C)c3ccc(/C=C(\C)C(=O)OC(C)(C)C)cc23)c(OC)c1. The first kappa shape index (κ1) is 24.1. The summed E-state index contributed by atoms with van der Waals surface area (Å²) in [5.74, 6) is -0.0974. The summed E-state index contributed by atoms with van der Waals surface area (Å²) in [6.07, 6.45) is 4.56. The highest BCUT2D eigenvalue weighted by Gasteiger charge is 2.18. The molecule has 0 spiro atoms. The van der Waals surface area contributed by atoms with Crippen LogP contribution in [0.4, 0.5) is 0 Å². The number of nitrogens with zero attached hydrogens (tertiary/aromatic N) is 1. The van der Waals surface area contributed by atoms with Crippen molar-refractivity contribution < 1.29 is 23.8 Å². The number of esters is 2. The molecule has 1 heterocycles. The van der Waals surface area contributed by atoms with Crippen LogP contribution in [0.5, 0.6) is 5.75 Å². The highest BCUT2D eigenvalue weighted by molar-refractivity contribution is 5.95. The van der Waals surface area contributed by atoms with Gasteiger partial charge in [0.05, 0.1) is 19.8 Å². The number of aryl methyl sites for hydroxylation is 1. The van der Waals surface area contributed by atoms with Gasteiger partial charge in [-0.3, -0.25) is 0 Å². The first-order valence-electron chi connectivity index (χ1n) is 10.8. The molecular formula is C27H31NO5. The van der Waals surface area contributed by atoms with Gasteiger partial charge in [-0.15, -0.1) is 0 Å². The van der Waals surface area contributed by atoms with E-state index in [0.29, 0.717) is 23.3 Å². The van der Waals surface area contributed by atoms with Crippen molar-refractivity contribution >= 4 is 28.9 Å². The van der Waals surface area contributed by atoms with Crippen LogP contribution in [-0.4, -0.2) is 36.3 Å². The van der Waals surface area contributed by atoms with Crippen LogP contribution in [0.1, 0.15) is 54.7 Å². The van der Waals surface area contributed by atoms with Crippen molar-refractivity contribution in [1.29, 1.82) is 0 Å². The minimum atomic E-state index is -0.536. The third-order valence-corrected chi connectivity index (χ3v) is 5.29. The van der Waals surface area contributed by atoms with Gasteiger partial charge in [-0.05, 0) is 74.7 Å². The van der Waals surface area contributed by atoms with E-state index in [9.17, 15) is 9.59 Å². The fraction of sp³-hybridized carbons (Fsp3) is 0.333. The number of carbonyl (C=O) groups excluding carboxylic acids is 2. The number of hydrogen-bond donors (Lipinski definition) is 0. The standard InChI is InChI=1S/C27H31NO5/c1-17(25(29)33-27(2,3)4)12-18-8-11-23-22(13-18)21(16-28(23)5)14-19-9-10-20(26(30)32-7)15-24(19)31-6/h8-13,15-16H,14H2,1-7H3/b17-12+. The monoisotopic (exact) mass is 449 g/mol. The molecule has 0 radical (unpaired) electrons. The van der Waals surface area contributed by atoms with E-state index in [1.807, 2.05) is 52.1 Å². The van der Waals surface area contributed by atoms with Crippen molar-refractivity contribution in [3.05, 3.63) is 70.4 Å². The van der Waals surface area contributed by atoms with Crippen LogP contribution in [-0.2, 0) is 27.7 Å². The fourth-order valence-electron chi connectivity index (χ4n) is 3.73. The predicted molar refractivity (Wildman–Crippen MR) is 130 cm³/mol. The Morgan fingerprint density at radius 3 is 2.39 bits per heavy atom. The van der Waals surface area contributed by atoms with E-state index in [0.717, 1.165) is 27.6 Å². The molecule has 6 nitrogen and oxygen atoms in total. The van der Waals surface area contributed by atoms with Gasteiger partial charge in [0, 0.05) is 36.1 Å². The maximum Gasteiger partial charge on any atom is 0.337 e. The quantitative estimate of drug-likeness (QED) is 0.377. The van der Waals surface area contributed by atoms with Gasteiger partial charge < -0.3 is 18.8 Å². The molecule has 0 atom stereocenters. The molecule has 0 saturated carbocycles. The van der Waals surface area contributed by atoms with Gasteiger partial charge in [-0.1, -0.05) is 12.1 Å². The first-order chi connectivity index (χ1) is 15.5. The Bertz CT molecular complexity index is 1230.